The third kappa shape index (κ3) is 3.28. The molecule has 0 saturated carbocycles. The van der Waals surface area contributed by atoms with Crippen molar-refractivity contribution in [1.29, 1.82) is 0 Å². The van der Waals surface area contributed by atoms with Gasteiger partial charge in [-0.2, -0.15) is 0 Å². The first kappa shape index (κ1) is 19.7. The maximum Gasteiger partial charge on any atom is 0.262 e. The van der Waals surface area contributed by atoms with Gasteiger partial charge >= 0.3 is 0 Å². The van der Waals surface area contributed by atoms with Gasteiger partial charge in [-0.05, 0) is 49.4 Å². The number of hydrogen-bond donors (Lipinski definition) is 1. The van der Waals surface area contributed by atoms with Crippen molar-refractivity contribution in [2.24, 2.45) is 0 Å². The van der Waals surface area contributed by atoms with E-state index in [2.05, 4.69) is 4.98 Å². The van der Waals surface area contributed by atoms with Crippen molar-refractivity contribution in [3.8, 4) is 10.6 Å². The summed E-state index contributed by atoms with van der Waals surface area (Å²) in [7, 11) is 1.91. The van der Waals surface area contributed by atoms with Crippen molar-refractivity contribution in [1.82, 2.24) is 4.98 Å². The van der Waals surface area contributed by atoms with Gasteiger partial charge in [0, 0.05) is 17.3 Å². The highest BCUT2D eigenvalue weighted by Gasteiger charge is 2.39. The molecule has 0 fully saturated rings. The standard InChI is InChI=1S/C23H19FN4OS2/c1-13-26-17(12-30-13)20-9-10-21(31-20)22-27(2)18-8-7-14(24)11-15(18)23(29)28(22)19-6-4-3-5-16(19)25/h3-12,22H,25H2,1-2H3. The molecule has 31 heavy (non-hydrogen) atoms. The van der Waals surface area contributed by atoms with E-state index in [1.54, 1.807) is 39.7 Å². The molecule has 0 aliphatic carbocycles. The molecule has 3 heterocycles. The fraction of sp³-hybridized carbons (Fsp3) is 0.130. The van der Waals surface area contributed by atoms with Gasteiger partial charge in [0.1, 0.15) is 12.0 Å². The van der Waals surface area contributed by atoms with Crippen LogP contribution in [0.4, 0.5) is 21.5 Å². The van der Waals surface area contributed by atoms with Gasteiger partial charge in [-0.15, -0.1) is 22.7 Å². The number of rotatable bonds is 3. The lowest BCUT2D eigenvalue weighted by Gasteiger charge is -2.43. The fourth-order valence-electron chi connectivity index (χ4n) is 3.90. The van der Waals surface area contributed by atoms with Crippen LogP contribution in [0.15, 0.2) is 60.0 Å². The normalized spacial score (nSPS) is 16.0. The molecular weight excluding hydrogens is 431 g/mol. The first-order chi connectivity index (χ1) is 14.9. The number of nitrogen functional groups attached to an aromatic ring is 1. The topological polar surface area (TPSA) is 62.5 Å². The number of anilines is 3. The Morgan fingerprint density at radius 3 is 2.65 bits per heavy atom. The number of thiophene rings is 1. The summed E-state index contributed by atoms with van der Waals surface area (Å²) in [5, 5.41) is 3.04. The van der Waals surface area contributed by atoms with Gasteiger partial charge in [0.2, 0.25) is 0 Å². The van der Waals surface area contributed by atoms with E-state index in [-0.39, 0.29) is 5.91 Å². The Hall–Kier alpha value is -3.23. The van der Waals surface area contributed by atoms with Crippen LogP contribution in [0.1, 0.15) is 26.4 Å². The summed E-state index contributed by atoms with van der Waals surface area (Å²) < 4.78 is 14.0. The first-order valence-corrected chi connectivity index (χ1v) is 11.4. The second-order valence-electron chi connectivity index (χ2n) is 7.33. The number of carbonyl (C=O) groups excluding carboxylic acids is 1. The van der Waals surface area contributed by atoms with Crippen molar-refractivity contribution in [3.05, 3.63) is 81.2 Å². The number of thiazole rings is 1. The predicted molar refractivity (Wildman–Crippen MR) is 125 cm³/mol. The highest BCUT2D eigenvalue weighted by atomic mass is 32.1. The largest absolute Gasteiger partial charge is 0.397 e. The molecule has 4 aromatic rings. The number of hydrogen-bond acceptors (Lipinski definition) is 6. The summed E-state index contributed by atoms with van der Waals surface area (Å²) in [4.78, 5) is 23.8. The molecule has 2 N–H and O–H groups in total. The molecule has 1 unspecified atom stereocenters. The summed E-state index contributed by atoms with van der Waals surface area (Å²) in [5.41, 5.74) is 9.26. The molecule has 1 aliphatic heterocycles. The van der Waals surface area contributed by atoms with Crippen LogP contribution in [0, 0.1) is 12.7 Å². The van der Waals surface area contributed by atoms with E-state index >= 15 is 0 Å². The maximum absolute atomic E-state index is 14.0. The molecular formula is C23H19FN4OS2. The highest BCUT2D eigenvalue weighted by Crippen LogP contribution is 2.45. The highest BCUT2D eigenvalue weighted by molar-refractivity contribution is 7.16. The van der Waals surface area contributed by atoms with Crippen LogP contribution in [0.25, 0.3) is 10.6 Å². The SMILES string of the molecule is Cc1nc(-c2ccc(C3N(C)c4ccc(F)cc4C(=O)N3c3ccccc3N)s2)cs1. The van der Waals surface area contributed by atoms with E-state index in [1.807, 2.05) is 54.6 Å². The number of amides is 1. The fourth-order valence-corrected chi connectivity index (χ4v) is 5.70. The Balaban J connectivity index is 1.68. The molecule has 0 saturated heterocycles. The number of fused-ring (bicyclic) bond motifs is 1. The van der Waals surface area contributed by atoms with Crippen LogP contribution in [0.2, 0.25) is 0 Å². The number of carbonyl (C=O) groups is 1. The number of para-hydroxylation sites is 2. The van der Waals surface area contributed by atoms with E-state index in [4.69, 9.17) is 5.73 Å². The molecule has 0 bridgehead atoms. The quantitative estimate of drug-likeness (QED) is 0.407. The summed E-state index contributed by atoms with van der Waals surface area (Å²) in [6, 6.07) is 15.6. The summed E-state index contributed by atoms with van der Waals surface area (Å²) >= 11 is 3.19. The van der Waals surface area contributed by atoms with Gasteiger partial charge in [-0.25, -0.2) is 9.37 Å². The van der Waals surface area contributed by atoms with E-state index in [0.29, 0.717) is 22.6 Å². The van der Waals surface area contributed by atoms with Gasteiger partial charge in [-0.1, -0.05) is 12.1 Å². The van der Waals surface area contributed by atoms with Crippen molar-refractivity contribution in [2.75, 3.05) is 22.6 Å². The molecule has 5 nitrogen and oxygen atoms in total. The molecule has 0 spiro atoms. The smallest absolute Gasteiger partial charge is 0.262 e. The minimum Gasteiger partial charge on any atom is -0.397 e. The van der Waals surface area contributed by atoms with Crippen molar-refractivity contribution in [3.63, 3.8) is 0 Å². The minimum atomic E-state index is -0.447. The molecule has 1 atom stereocenters. The number of halogens is 1. The van der Waals surface area contributed by atoms with Gasteiger partial charge < -0.3 is 10.6 Å². The van der Waals surface area contributed by atoms with E-state index < -0.39 is 12.0 Å². The van der Waals surface area contributed by atoms with Gasteiger partial charge in [-0.3, -0.25) is 9.69 Å². The molecule has 8 heteroatoms. The van der Waals surface area contributed by atoms with Gasteiger partial charge in [0.15, 0.2) is 0 Å². The van der Waals surface area contributed by atoms with Crippen LogP contribution in [0.3, 0.4) is 0 Å². The maximum atomic E-state index is 14.0. The molecule has 5 rings (SSSR count). The Bertz CT molecular complexity index is 1300. The number of nitrogens with zero attached hydrogens (tertiary/aromatic N) is 3. The third-order valence-electron chi connectivity index (χ3n) is 5.35. The van der Waals surface area contributed by atoms with E-state index in [1.165, 1.54) is 12.1 Å². The number of aryl methyl sites for hydroxylation is 1. The average Bonchev–Trinajstić information content (AvgIpc) is 3.40. The lowest BCUT2D eigenvalue weighted by Crippen LogP contribution is -2.48. The molecule has 2 aromatic heterocycles. The average molecular weight is 451 g/mol. The van der Waals surface area contributed by atoms with Crippen LogP contribution < -0.4 is 15.5 Å². The second kappa shape index (κ2) is 7.47. The van der Waals surface area contributed by atoms with Crippen molar-refractivity contribution in [2.45, 2.75) is 13.1 Å². The first-order valence-electron chi connectivity index (χ1n) is 9.66. The molecule has 156 valence electrons. The Kier molecular flexibility index (Phi) is 4.75. The van der Waals surface area contributed by atoms with Crippen molar-refractivity contribution < 1.29 is 9.18 Å². The molecule has 1 aliphatic rings. The molecule has 1 amide bonds. The lowest BCUT2D eigenvalue weighted by atomic mass is 10.0. The second-order valence-corrected chi connectivity index (χ2v) is 9.51. The zero-order valence-electron chi connectivity index (χ0n) is 16.9. The zero-order valence-corrected chi connectivity index (χ0v) is 18.5. The van der Waals surface area contributed by atoms with Gasteiger partial charge in [0.25, 0.3) is 5.91 Å². The van der Waals surface area contributed by atoms with Gasteiger partial charge in [0.05, 0.1) is 38.2 Å². The zero-order chi connectivity index (χ0) is 21.7. The number of benzene rings is 2. The van der Waals surface area contributed by atoms with Crippen LogP contribution >= 0.6 is 22.7 Å². The van der Waals surface area contributed by atoms with Crippen LogP contribution in [-0.2, 0) is 0 Å². The Labute approximate surface area is 187 Å². The summed E-state index contributed by atoms with van der Waals surface area (Å²) in [5.74, 6) is -0.729. The molecule has 2 aromatic carbocycles. The van der Waals surface area contributed by atoms with Crippen LogP contribution in [-0.4, -0.2) is 17.9 Å². The Morgan fingerprint density at radius 2 is 1.90 bits per heavy atom. The Morgan fingerprint density at radius 1 is 1.10 bits per heavy atom. The monoisotopic (exact) mass is 450 g/mol. The predicted octanol–water partition coefficient (Wildman–Crippen LogP) is 5.70. The number of aromatic nitrogens is 1. The third-order valence-corrected chi connectivity index (χ3v) is 7.27. The lowest BCUT2D eigenvalue weighted by molar-refractivity contribution is 0.0970. The summed E-state index contributed by atoms with van der Waals surface area (Å²) in [6.07, 6.45) is -0.423. The van der Waals surface area contributed by atoms with E-state index in [9.17, 15) is 9.18 Å². The molecule has 0 radical (unpaired) electrons. The summed E-state index contributed by atoms with van der Waals surface area (Å²) in [6.45, 7) is 1.98. The van der Waals surface area contributed by atoms with Crippen LogP contribution in [0.5, 0.6) is 0 Å². The number of nitrogens with two attached hydrogens (primary N) is 1. The van der Waals surface area contributed by atoms with E-state index in [0.717, 1.165) is 20.5 Å². The minimum absolute atomic E-state index is 0.282. The van der Waals surface area contributed by atoms with Crippen molar-refractivity contribution >= 4 is 45.6 Å².